The maximum Gasteiger partial charge on any atom is 0.390 e. The SMILES string of the molecule is Cc1ccnc(Nc2cc(N3CCN(S(=O)(=O)CCC(F)(F)F)CC3)nc(C)n2)c1. The molecular formula is C18H23F3N6O2S. The van der Waals surface area contributed by atoms with Crippen molar-refractivity contribution in [3.05, 3.63) is 35.8 Å². The molecule has 2 aromatic rings. The molecule has 30 heavy (non-hydrogen) atoms. The van der Waals surface area contributed by atoms with Crippen LogP contribution in [-0.2, 0) is 10.0 Å². The van der Waals surface area contributed by atoms with Crippen LogP contribution >= 0.6 is 0 Å². The van der Waals surface area contributed by atoms with E-state index in [1.165, 1.54) is 0 Å². The molecule has 0 spiro atoms. The molecule has 0 atom stereocenters. The van der Waals surface area contributed by atoms with Gasteiger partial charge in [-0.1, -0.05) is 0 Å². The Morgan fingerprint density at radius 2 is 1.77 bits per heavy atom. The van der Waals surface area contributed by atoms with E-state index >= 15 is 0 Å². The van der Waals surface area contributed by atoms with Gasteiger partial charge in [0, 0.05) is 38.4 Å². The Balaban J connectivity index is 1.66. The van der Waals surface area contributed by atoms with Crippen LogP contribution in [0.15, 0.2) is 24.4 Å². The highest BCUT2D eigenvalue weighted by molar-refractivity contribution is 7.89. The summed E-state index contributed by atoms with van der Waals surface area (Å²) < 4.78 is 62.6. The molecule has 1 aliphatic rings. The van der Waals surface area contributed by atoms with Gasteiger partial charge in [-0.15, -0.1) is 0 Å². The standard InChI is InChI=1S/C18H23F3N6O2S/c1-13-3-5-22-15(11-13)25-16-12-17(24-14(2)23-16)26-6-8-27(9-7-26)30(28,29)10-4-18(19,20)21/h3,5,11-12H,4,6-10H2,1-2H3,(H,22,23,24,25). The molecule has 1 N–H and O–H groups in total. The molecule has 0 aliphatic carbocycles. The second kappa shape index (κ2) is 8.72. The summed E-state index contributed by atoms with van der Waals surface area (Å²) in [6, 6.07) is 5.50. The van der Waals surface area contributed by atoms with E-state index in [2.05, 4.69) is 20.3 Å². The number of sulfonamides is 1. The highest BCUT2D eigenvalue weighted by Crippen LogP contribution is 2.23. The normalized spacial score (nSPS) is 16.0. The van der Waals surface area contributed by atoms with Gasteiger partial charge < -0.3 is 10.2 Å². The second-order valence-corrected chi connectivity index (χ2v) is 9.16. The fourth-order valence-corrected chi connectivity index (χ4v) is 4.55. The lowest BCUT2D eigenvalue weighted by molar-refractivity contribution is -0.130. The van der Waals surface area contributed by atoms with Crippen molar-refractivity contribution in [2.45, 2.75) is 26.4 Å². The molecule has 1 fully saturated rings. The number of pyridine rings is 1. The summed E-state index contributed by atoms with van der Waals surface area (Å²) in [4.78, 5) is 14.9. The zero-order valence-electron chi connectivity index (χ0n) is 16.6. The van der Waals surface area contributed by atoms with E-state index in [4.69, 9.17) is 0 Å². The average Bonchev–Trinajstić information content (AvgIpc) is 2.66. The van der Waals surface area contributed by atoms with Crippen LogP contribution < -0.4 is 10.2 Å². The third-order valence-corrected chi connectivity index (χ3v) is 6.47. The van der Waals surface area contributed by atoms with Gasteiger partial charge in [0.25, 0.3) is 0 Å². The minimum atomic E-state index is -4.50. The van der Waals surface area contributed by atoms with Crippen LogP contribution in [0.4, 0.5) is 30.6 Å². The van der Waals surface area contributed by atoms with Crippen molar-refractivity contribution in [1.82, 2.24) is 19.3 Å². The largest absolute Gasteiger partial charge is 0.390 e. The molecule has 2 aromatic heterocycles. The van der Waals surface area contributed by atoms with Gasteiger partial charge in [-0.2, -0.15) is 17.5 Å². The highest BCUT2D eigenvalue weighted by atomic mass is 32.2. The van der Waals surface area contributed by atoms with Gasteiger partial charge in [0.2, 0.25) is 10.0 Å². The number of piperazine rings is 1. The Labute approximate surface area is 173 Å². The smallest absolute Gasteiger partial charge is 0.354 e. The molecule has 0 aromatic carbocycles. The molecule has 0 amide bonds. The molecule has 8 nitrogen and oxygen atoms in total. The number of aromatic nitrogens is 3. The van der Waals surface area contributed by atoms with Crippen molar-refractivity contribution < 1.29 is 21.6 Å². The maximum absolute atomic E-state index is 12.4. The number of nitrogens with zero attached hydrogens (tertiary/aromatic N) is 5. The molecule has 1 aliphatic heterocycles. The van der Waals surface area contributed by atoms with Gasteiger partial charge in [0.15, 0.2) is 0 Å². The molecule has 12 heteroatoms. The number of anilines is 3. The number of nitrogens with one attached hydrogen (secondary N) is 1. The molecule has 3 heterocycles. The van der Waals surface area contributed by atoms with Gasteiger partial charge in [-0.3, -0.25) is 0 Å². The van der Waals surface area contributed by atoms with Crippen LogP contribution in [0.1, 0.15) is 17.8 Å². The first-order valence-corrected chi connectivity index (χ1v) is 11.0. The van der Waals surface area contributed by atoms with E-state index in [-0.39, 0.29) is 13.1 Å². The van der Waals surface area contributed by atoms with E-state index in [1.807, 2.05) is 24.0 Å². The van der Waals surface area contributed by atoms with Crippen LogP contribution in [0.3, 0.4) is 0 Å². The topological polar surface area (TPSA) is 91.3 Å². The lowest BCUT2D eigenvalue weighted by Crippen LogP contribution is -2.49. The van der Waals surface area contributed by atoms with Gasteiger partial charge in [-0.05, 0) is 31.5 Å². The van der Waals surface area contributed by atoms with Gasteiger partial charge >= 0.3 is 6.18 Å². The molecule has 3 rings (SSSR count). The first-order valence-electron chi connectivity index (χ1n) is 9.37. The number of hydrogen-bond donors (Lipinski definition) is 1. The summed E-state index contributed by atoms with van der Waals surface area (Å²) in [6.45, 7) is 4.55. The highest BCUT2D eigenvalue weighted by Gasteiger charge is 2.34. The lowest BCUT2D eigenvalue weighted by Gasteiger charge is -2.34. The molecule has 164 valence electrons. The van der Waals surface area contributed by atoms with E-state index < -0.39 is 28.4 Å². The summed E-state index contributed by atoms with van der Waals surface area (Å²) in [5, 5.41) is 3.13. The Hall–Kier alpha value is -2.47. The minimum Gasteiger partial charge on any atom is -0.354 e. The van der Waals surface area contributed by atoms with Crippen molar-refractivity contribution in [2.24, 2.45) is 0 Å². The van der Waals surface area contributed by atoms with Gasteiger partial charge in [-0.25, -0.2) is 23.4 Å². The number of hydrogen-bond acceptors (Lipinski definition) is 7. The van der Waals surface area contributed by atoms with Crippen LogP contribution in [-0.4, -0.2) is 65.8 Å². The predicted molar refractivity (Wildman–Crippen MR) is 107 cm³/mol. The van der Waals surface area contributed by atoms with E-state index in [0.717, 1.165) is 9.87 Å². The Bertz CT molecular complexity index is 992. The van der Waals surface area contributed by atoms with Crippen LogP contribution in [0.2, 0.25) is 0 Å². The van der Waals surface area contributed by atoms with E-state index in [1.54, 1.807) is 19.2 Å². The zero-order chi connectivity index (χ0) is 21.9. The van der Waals surface area contributed by atoms with Crippen molar-refractivity contribution in [1.29, 1.82) is 0 Å². The fourth-order valence-electron chi connectivity index (χ4n) is 3.08. The molecule has 0 radical (unpaired) electrons. The molecule has 0 bridgehead atoms. The van der Waals surface area contributed by atoms with Crippen LogP contribution in [0.25, 0.3) is 0 Å². The first-order chi connectivity index (χ1) is 14.0. The Morgan fingerprint density at radius 3 is 2.40 bits per heavy atom. The number of halogens is 3. The van der Waals surface area contributed by atoms with Gasteiger partial charge in [0.1, 0.15) is 23.3 Å². The second-order valence-electron chi connectivity index (χ2n) is 7.07. The Morgan fingerprint density at radius 1 is 1.07 bits per heavy atom. The average molecular weight is 444 g/mol. The number of aryl methyl sites for hydroxylation is 2. The van der Waals surface area contributed by atoms with Gasteiger partial charge in [0.05, 0.1) is 12.2 Å². The number of alkyl halides is 3. The van der Waals surface area contributed by atoms with Crippen molar-refractivity contribution >= 4 is 27.5 Å². The summed E-state index contributed by atoms with van der Waals surface area (Å²) >= 11 is 0. The third kappa shape index (κ3) is 6.02. The van der Waals surface area contributed by atoms with E-state index in [9.17, 15) is 21.6 Å². The fraction of sp³-hybridized carbons (Fsp3) is 0.500. The first kappa shape index (κ1) is 22.2. The quantitative estimate of drug-likeness (QED) is 0.732. The molecule has 1 saturated heterocycles. The third-order valence-electron chi connectivity index (χ3n) is 4.60. The summed E-state index contributed by atoms with van der Waals surface area (Å²) in [7, 11) is -3.95. The monoisotopic (exact) mass is 444 g/mol. The minimum absolute atomic E-state index is 0.103. The molecule has 0 saturated carbocycles. The molecular weight excluding hydrogens is 421 g/mol. The summed E-state index contributed by atoms with van der Waals surface area (Å²) in [5.74, 6) is 1.41. The van der Waals surface area contributed by atoms with Crippen molar-refractivity contribution in [3.63, 3.8) is 0 Å². The number of rotatable bonds is 6. The molecule has 0 unspecified atom stereocenters. The maximum atomic E-state index is 12.4. The van der Waals surface area contributed by atoms with Crippen LogP contribution in [0, 0.1) is 13.8 Å². The lowest BCUT2D eigenvalue weighted by atomic mass is 10.3. The summed E-state index contributed by atoms with van der Waals surface area (Å²) in [5.41, 5.74) is 1.04. The Kier molecular flexibility index (Phi) is 6.46. The predicted octanol–water partition coefficient (Wildman–Crippen LogP) is 2.64. The van der Waals surface area contributed by atoms with Crippen molar-refractivity contribution in [2.75, 3.05) is 42.1 Å². The zero-order valence-corrected chi connectivity index (χ0v) is 17.5. The van der Waals surface area contributed by atoms with Crippen molar-refractivity contribution in [3.8, 4) is 0 Å². The van der Waals surface area contributed by atoms with Crippen LogP contribution in [0.5, 0.6) is 0 Å². The van der Waals surface area contributed by atoms with E-state index in [0.29, 0.717) is 36.4 Å². The summed E-state index contributed by atoms with van der Waals surface area (Å²) in [6.07, 6.45) is -4.16.